The predicted octanol–water partition coefficient (Wildman–Crippen LogP) is 1.94. The van der Waals surface area contributed by atoms with Crippen molar-refractivity contribution in [3.63, 3.8) is 0 Å². The van der Waals surface area contributed by atoms with Gasteiger partial charge in [0.05, 0.1) is 4.90 Å². The van der Waals surface area contributed by atoms with Gasteiger partial charge in [-0.25, -0.2) is 8.42 Å². The van der Waals surface area contributed by atoms with E-state index in [4.69, 9.17) is 9.47 Å². The van der Waals surface area contributed by atoms with Crippen molar-refractivity contribution in [1.29, 1.82) is 0 Å². The lowest BCUT2D eigenvalue weighted by Crippen LogP contribution is -2.40. The third kappa shape index (κ3) is 3.94. The summed E-state index contributed by atoms with van der Waals surface area (Å²) in [7, 11) is -3.75. The molecular formula is C19H19N3O5S. The van der Waals surface area contributed by atoms with Crippen molar-refractivity contribution in [3.05, 3.63) is 48.5 Å². The minimum absolute atomic E-state index is 0.0473. The van der Waals surface area contributed by atoms with E-state index in [0.717, 1.165) is 6.42 Å². The smallest absolute Gasteiger partial charge is 0.269 e. The van der Waals surface area contributed by atoms with Gasteiger partial charge in [0.2, 0.25) is 6.10 Å². The molecule has 0 saturated carbocycles. The van der Waals surface area contributed by atoms with E-state index in [1.807, 2.05) is 6.07 Å². The van der Waals surface area contributed by atoms with Crippen molar-refractivity contribution in [1.82, 2.24) is 4.72 Å². The van der Waals surface area contributed by atoms with E-state index in [9.17, 15) is 13.2 Å². The van der Waals surface area contributed by atoms with Crippen LogP contribution in [0.25, 0.3) is 0 Å². The first-order valence-corrected chi connectivity index (χ1v) is 10.4. The number of rotatable bonds is 4. The molecule has 0 aliphatic carbocycles. The van der Waals surface area contributed by atoms with Crippen molar-refractivity contribution in [2.75, 3.05) is 18.5 Å². The number of carbonyl (C=O) groups is 1. The zero-order valence-electron chi connectivity index (χ0n) is 14.9. The molecule has 1 atom stereocenters. The van der Waals surface area contributed by atoms with Gasteiger partial charge < -0.3 is 14.8 Å². The summed E-state index contributed by atoms with van der Waals surface area (Å²) in [4.78, 5) is 16.7. The first-order chi connectivity index (χ1) is 13.5. The highest BCUT2D eigenvalue weighted by atomic mass is 32.2. The molecule has 0 bridgehead atoms. The zero-order valence-corrected chi connectivity index (χ0v) is 15.7. The van der Waals surface area contributed by atoms with E-state index >= 15 is 0 Å². The molecule has 2 N–H and O–H groups in total. The fraction of sp³-hybridized carbons (Fsp3) is 0.263. The number of sulfonamides is 1. The molecule has 2 aromatic carbocycles. The molecule has 0 fully saturated rings. The number of para-hydroxylation sites is 2. The second-order valence-electron chi connectivity index (χ2n) is 6.42. The Balaban J connectivity index is 1.45. The molecule has 0 radical (unpaired) electrons. The van der Waals surface area contributed by atoms with Gasteiger partial charge >= 0.3 is 0 Å². The third-order valence-electron chi connectivity index (χ3n) is 4.34. The summed E-state index contributed by atoms with van der Waals surface area (Å²) in [6.07, 6.45) is 0.609. The van der Waals surface area contributed by atoms with Crippen LogP contribution in [0.1, 0.15) is 12.8 Å². The third-order valence-corrected chi connectivity index (χ3v) is 5.72. The number of ether oxygens (including phenoxy) is 2. The normalized spacial score (nSPS) is 18.3. The number of aliphatic imine (C=N–C) groups is 1. The Hall–Kier alpha value is -3.07. The van der Waals surface area contributed by atoms with Crippen LogP contribution in [0.3, 0.4) is 0 Å². The average Bonchev–Trinajstić information content (AvgIpc) is 3.20. The van der Waals surface area contributed by atoms with Crippen molar-refractivity contribution in [3.8, 4) is 11.5 Å². The van der Waals surface area contributed by atoms with E-state index in [1.165, 1.54) is 12.1 Å². The van der Waals surface area contributed by atoms with E-state index in [2.05, 4.69) is 15.0 Å². The number of hydrogen-bond donors (Lipinski definition) is 2. The van der Waals surface area contributed by atoms with Crippen LogP contribution in [0.5, 0.6) is 11.5 Å². The second kappa shape index (κ2) is 7.51. The standard InChI is InChI=1S/C19H19N3O5S/c23-19(17-12-26-15-7-1-2-8-16(15)27-17)21-13-5-3-6-14(11-13)28(24,25)22-18-9-4-10-20-18/h1-3,5-8,11,17H,4,9-10,12H2,(H,20,22)(H,21,23)/t17-/m0/s1. The molecule has 1 amide bonds. The molecule has 0 saturated heterocycles. The number of hydrogen-bond acceptors (Lipinski definition) is 6. The highest BCUT2D eigenvalue weighted by Crippen LogP contribution is 2.31. The molecule has 2 aromatic rings. The number of nitrogens with one attached hydrogen (secondary N) is 2. The van der Waals surface area contributed by atoms with Gasteiger partial charge in [-0.2, -0.15) is 0 Å². The number of amides is 1. The van der Waals surface area contributed by atoms with E-state index < -0.39 is 22.0 Å². The molecule has 0 unspecified atom stereocenters. The summed E-state index contributed by atoms with van der Waals surface area (Å²) < 4.78 is 38.7. The van der Waals surface area contributed by atoms with Gasteiger partial charge in [-0.1, -0.05) is 18.2 Å². The number of fused-ring (bicyclic) bond motifs is 1. The minimum atomic E-state index is -3.75. The monoisotopic (exact) mass is 401 g/mol. The topological polar surface area (TPSA) is 106 Å². The number of anilines is 1. The van der Waals surface area contributed by atoms with Gasteiger partial charge in [0.1, 0.15) is 12.4 Å². The Morgan fingerprint density at radius 1 is 1.11 bits per heavy atom. The van der Waals surface area contributed by atoms with Gasteiger partial charge in [0, 0.05) is 18.7 Å². The molecule has 28 heavy (non-hydrogen) atoms. The fourth-order valence-electron chi connectivity index (χ4n) is 2.95. The lowest BCUT2D eigenvalue weighted by atomic mass is 10.2. The SMILES string of the molecule is O=C(Nc1cccc(S(=O)(=O)NC2=NCCC2)c1)[C@@H]1COc2ccccc2O1. The first-order valence-electron chi connectivity index (χ1n) is 8.87. The van der Waals surface area contributed by atoms with Gasteiger partial charge in [-0.3, -0.25) is 14.5 Å². The minimum Gasteiger partial charge on any atom is -0.485 e. The Morgan fingerprint density at radius 3 is 2.71 bits per heavy atom. The summed E-state index contributed by atoms with van der Waals surface area (Å²) in [5.41, 5.74) is 0.351. The van der Waals surface area contributed by atoms with E-state index in [0.29, 0.717) is 36.0 Å². The molecule has 2 heterocycles. The highest BCUT2D eigenvalue weighted by molar-refractivity contribution is 7.90. The lowest BCUT2D eigenvalue weighted by Gasteiger charge is -2.25. The Kier molecular flexibility index (Phi) is 4.91. The van der Waals surface area contributed by atoms with Crippen LogP contribution in [0.2, 0.25) is 0 Å². The second-order valence-corrected chi connectivity index (χ2v) is 8.10. The van der Waals surface area contributed by atoms with Crippen LogP contribution in [-0.4, -0.2) is 39.4 Å². The lowest BCUT2D eigenvalue weighted by molar-refractivity contribution is -0.125. The summed E-state index contributed by atoms with van der Waals surface area (Å²) in [6, 6.07) is 13.1. The van der Waals surface area contributed by atoms with Crippen molar-refractivity contribution in [2.45, 2.75) is 23.8 Å². The maximum absolute atomic E-state index is 12.5. The van der Waals surface area contributed by atoms with Crippen molar-refractivity contribution < 1.29 is 22.7 Å². The molecule has 4 rings (SSSR count). The predicted molar refractivity (Wildman–Crippen MR) is 103 cm³/mol. The first kappa shape index (κ1) is 18.3. The van der Waals surface area contributed by atoms with Gasteiger partial charge in [-0.15, -0.1) is 0 Å². The molecular weight excluding hydrogens is 382 g/mol. The molecule has 9 heteroatoms. The van der Waals surface area contributed by atoms with Crippen LogP contribution in [0, 0.1) is 0 Å². The molecule has 2 aliphatic heterocycles. The summed E-state index contributed by atoms with van der Waals surface area (Å²) >= 11 is 0. The summed E-state index contributed by atoms with van der Waals surface area (Å²) in [5, 5.41) is 2.68. The van der Waals surface area contributed by atoms with Crippen molar-refractivity contribution in [2.24, 2.45) is 4.99 Å². The summed E-state index contributed by atoms with van der Waals surface area (Å²) in [5.74, 6) is 1.12. The van der Waals surface area contributed by atoms with Crippen LogP contribution in [0.15, 0.2) is 58.4 Å². The Bertz CT molecular complexity index is 1040. The van der Waals surface area contributed by atoms with Gasteiger partial charge in [0.15, 0.2) is 11.5 Å². The molecule has 2 aliphatic rings. The molecule has 8 nitrogen and oxygen atoms in total. The largest absolute Gasteiger partial charge is 0.485 e. The highest BCUT2D eigenvalue weighted by Gasteiger charge is 2.27. The Morgan fingerprint density at radius 2 is 1.93 bits per heavy atom. The fourth-order valence-corrected chi connectivity index (χ4v) is 4.08. The van der Waals surface area contributed by atoms with Crippen LogP contribution < -0.4 is 19.5 Å². The van der Waals surface area contributed by atoms with E-state index in [-0.39, 0.29) is 11.5 Å². The van der Waals surface area contributed by atoms with Crippen LogP contribution in [-0.2, 0) is 14.8 Å². The van der Waals surface area contributed by atoms with E-state index in [1.54, 1.807) is 30.3 Å². The number of nitrogens with zero attached hydrogens (tertiary/aromatic N) is 1. The quantitative estimate of drug-likeness (QED) is 0.814. The zero-order chi connectivity index (χ0) is 19.6. The van der Waals surface area contributed by atoms with Gasteiger partial charge in [-0.05, 0) is 36.8 Å². The molecule has 0 aromatic heterocycles. The van der Waals surface area contributed by atoms with Crippen LogP contribution >= 0.6 is 0 Å². The molecule has 146 valence electrons. The maximum atomic E-state index is 12.5. The number of benzene rings is 2. The van der Waals surface area contributed by atoms with Crippen LogP contribution in [0.4, 0.5) is 5.69 Å². The number of carbonyl (C=O) groups excluding carboxylic acids is 1. The number of amidine groups is 1. The summed E-state index contributed by atoms with van der Waals surface area (Å²) in [6.45, 7) is 0.697. The maximum Gasteiger partial charge on any atom is 0.269 e. The molecule has 0 spiro atoms. The van der Waals surface area contributed by atoms with Crippen molar-refractivity contribution >= 4 is 27.5 Å². The average molecular weight is 401 g/mol. The Labute approximate surface area is 162 Å². The van der Waals surface area contributed by atoms with Gasteiger partial charge in [0.25, 0.3) is 15.9 Å².